The predicted octanol–water partition coefficient (Wildman–Crippen LogP) is 3.87. The number of nitrogens with zero attached hydrogens (tertiary/aromatic N) is 1. The van der Waals surface area contributed by atoms with Crippen molar-refractivity contribution in [2.24, 2.45) is 0 Å². The first-order chi connectivity index (χ1) is 7.90. The van der Waals surface area contributed by atoms with Gasteiger partial charge < -0.3 is 4.74 Å². The zero-order valence-corrected chi connectivity index (χ0v) is 13.0. The minimum Gasteiger partial charge on any atom is -0.493 e. The van der Waals surface area contributed by atoms with Gasteiger partial charge in [-0.05, 0) is 12.1 Å². The molecule has 4 heteroatoms. The lowest BCUT2D eigenvalue weighted by molar-refractivity contribution is 0.266. The quantitative estimate of drug-likeness (QED) is 0.738. The van der Waals surface area contributed by atoms with Gasteiger partial charge in [0.15, 0.2) is 0 Å². The second-order valence-corrected chi connectivity index (χ2v) is 11.8. The Morgan fingerprint density at radius 1 is 1.41 bits per heavy atom. The average molecular weight is 310 g/mol. The molecule has 0 fully saturated rings. The van der Waals surface area contributed by atoms with E-state index >= 15 is 0 Å². The SMILES string of the molecule is C[Si](C)(C)C1(C#N)CCOc2cc(Br)ccc21. The first-order valence-corrected chi connectivity index (χ1v) is 10.0. The molecule has 1 aliphatic rings. The monoisotopic (exact) mass is 309 g/mol. The Balaban J connectivity index is 2.65. The molecule has 1 heterocycles. The third-order valence-electron chi connectivity index (χ3n) is 3.61. The summed E-state index contributed by atoms with van der Waals surface area (Å²) in [5.41, 5.74) is 1.08. The Kier molecular flexibility index (Phi) is 3.09. The first kappa shape index (κ1) is 12.7. The van der Waals surface area contributed by atoms with E-state index in [1.165, 1.54) is 0 Å². The molecule has 0 radical (unpaired) electrons. The smallest absolute Gasteiger partial charge is 0.124 e. The van der Waals surface area contributed by atoms with Crippen molar-refractivity contribution in [2.45, 2.75) is 31.1 Å². The summed E-state index contributed by atoms with van der Waals surface area (Å²) in [6, 6.07) is 8.61. The van der Waals surface area contributed by atoms with Crippen molar-refractivity contribution < 1.29 is 4.74 Å². The van der Waals surface area contributed by atoms with Crippen LogP contribution in [0.4, 0.5) is 0 Å². The van der Waals surface area contributed by atoms with Gasteiger partial charge in [0.25, 0.3) is 0 Å². The Morgan fingerprint density at radius 2 is 2.12 bits per heavy atom. The number of rotatable bonds is 1. The van der Waals surface area contributed by atoms with Gasteiger partial charge in [-0.3, -0.25) is 0 Å². The Labute approximate surface area is 112 Å². The molecular formula is C13H16BrNOSi. The Bertz CT molecular complexity index is 489. The van der Waals surface area contributed by atoms with E-state index in [-0.39, 0.29) is 5.04 Å². The van der Waals surface area contributed by atoms with Gasteiger partial charge in [-0.1, -0.05) is 41.6 Å². The standard InChI is InChI=1S/C13H16BrNOSi/c1-17(2,3)13(9-15)6-7-16-12-8-10(14)4-5-11(12)13/h4-5,8H,6-7H2,1-3H3. The fourth-order valence-electron chi connectivity index (χ4n) is 2.48. The summed E-state index contributed by atoms with van der Waals surface area (Å²) in [6.45, 7) is 7.41. The first-order valence-electron chi connectivity index (χ1n) is 5.75. The number of benzene rings is 1. The van der Waals surface area contributed by atoms with Crippen molar-refractivity contribution in [3.05, 3.63) is 28.2 Å². The van der Waals surface area contributed by atoms with E-state index in [1.807, 2.05) is 18.2 Å². The van der Waals surface area contributed by atoms with Crippen LogP contribution in [0.5, 0.6) is 5.75 Å². The molecule has 0 spiro atoms. The summed E-state index contributed by atoms with van der Waals surface area (Å²) in [5, 5.41) is 9.39. The maximum atomic E-state index is 9.71. The molecule has 1 aliphatic heterocycles. The number of halogens is 1. The summed E-state index contributed by atoms with van der Waals surface area (Å²) in [6.07, 6.45) is 0.813. The van der Waals surface area contributed by atoms with Crippen LogP contribution in [0.15, 0.2) is 22.7 Å². The molecule has 0 bridgehead atoms. The number of ether oxygens (including phenoxy) is 1. The molecule has 1 aromatic rings. The van der Waals surface area contributed by atoms with Gasteiger partial charge in [-0.15, -0.1) is 0 Å². The lowest BCUT2D eigenvalue weighted by Gasteiger charge is -2.41. The Hall–Kier alpha value is -0.793. The normalized spacial score (nSPS) is 23.5. The van der Waals surface area contributed by atoms with E-state index in [1.54, 1.807) is 0 Å². The van der Waals surface area contributed by atoms with Gasteiger partial charge in [-0.25, -0.2) is 0 Å². The summed E-state index contributed by atoms with van der Waals surface area (Å²) in [5.74, 6) is 0.870. The van der Waals surface area contributed by atoms with Gasteiger partial charge in [0, 0.05) is 16.5 Å². The largest absolute Gasteiger partial charge is 0.493 e. The molecule has 0 saturated heterocycles. The van der Waals surface area contributed by atoms with Gasteiger partial charge in [-0.2, -0.15) is 5.26 Å². The molecule has 90 valence electrons. The topological polar surface area (TPSA) is 33.0 Å². The van der Waals surface area contributed by atoms with Crippen LogP contribution in [0.1, 0.15) is 12.0 Å². The van der Waals surface area contributed by atoms with Gasteiger partial charge in [0.2, 0.25) is 0 Å². The molecule has 0 N–H and O–H groups in total. The van der Waals surface area contributed by atoms with E-state index in [2.05, 4.69) is 41.6 Å². The molecule has 0 saturated carbocycles. The third-order valence-corrected chi connectivity index (χ3v) is 7.29. The van der Waals surface area contributed by atoms with E-state index in [9.17, 15) is 5.26 Å². The second kappa shape index (κ2) is 4.15. The fraction of sp³-hybridized carbons (Fsp3) is 0.462. The van der Waals surface area contributed by atoms with Crippen molar-refractivity contribution in [3.63, 3.8) is 0 Å². The van der Waals surface area contributed by atoms with Crippen molar-refractivity contribution in [1.29, 1.82) is 5.26 Å². The van der Waals surface area contributed by atoms with Crippen molar-refractivity contribution in [3.8, 4) is 11.8 Å². The number of hydrogen-bond donors (Lipinski definition) is 0. The number of hydrogen-bond acceptors (Lipinski definition) is 2. The van der Waals surface area contributed by atoms with Gasteiger partial charge in [0.1, 0.15) is 5.75 Å². The van der Waals surface area contributed by atoms with E-state index in [4.69, 9.17) is 4.74 Å². The lowest BCUT2D eigenvalue weighted by Crippen LogP contribution is -2.51. The highest BCUT2D eigenvalue weighted by atomic mass is 79.9. The lowest BCUT2D eigenvalue weighted by atomic mass is 9.93. The summed E-state index contributed by atoms with van der Waals surface area (Å²) >= 11 is 3.45. The van der Waals surface area contributed by atoms with Crippen LogP contribution in [0.25, 0.3) is 0 Å². The highest BCUT2D eigenvalue weighted by Crippen LogP contribution is 2.45. The maximum absolute atomic E-state index is 9.71. The van der Waals surface area contributed by atoms with Crippen LogP contribution >= 0.6 is 15.9 Å². The molecule has 1 atom stereocenters. The molecule has 1 unspecified atom stereocenters. The molecule has 0 aliphatic carbocycles. The van der Waals surface area contributed by atoms with E-state index in [0.717, 1.165) is 22.2 Å². The summed E-state index contributed by atoms with van der Waals surface area (Å²) in [7, 11) is -1.63. The van der Waals surface area contributed by atoms with Crippen molar-refractivity contribution in [1.82, 2.24) is 0 Å². The second-order valence-electron chi connectivity index (χ2n) is 5.51. The minimum absolute atomic E-state index is 0.318. The van der Waals surface area contributed by atoms with Crippen molar-refractivity contribution >= 4 is 24.0 Å². The fourth-order valence-corrected chi connectivity index (χ4v) is 5.02. The van der Waals surface area contributed by atoms with Crippen LogP contribution in [-0.4, -0.2) is 14.7 Å². The van der Waals surface area contributed by atoms with Crippen LogP contribution in [0.3, 0.4) is 0 Å². The van der Waals surface area contributed by atoms with Gasteiger partial charge in [0.05, 0.1) is 25.8 Å². The zero-order valence-electron chi connectivity index (χ0n) is 10.4. The minimum atomic E-state index is -1.63. The van der Waals surface area contributed by atoms with Crippen LogP contribution in [0.2, 0.25) is 19.6 Å². The highest BCUT2D eigenvalue weighted by molar-refractivity contribution is 9.10. The van der Waals surface area contributed by atoms with Crippen molar-refractivity contribution in [2.75, 3.05) is 6.61 Å². The van der Waals surface area contributed by atoms with Crippen LogP contribution in [0, 0.1) is 11.3 Å². The summed E-state index contributed by atoms with van der Waals surface area (Å²) < 4.78 is 6.70. The maximum Gasteiger partial charge on any atom is 0.124 e. The number of nitriles is 1. The van der Waals surface area contributed by atoms with E-state index in [0.29, 0.717) is 6.61 Å². The van der Waals surface area contributed by atoms with Gasteiger partial charge >= 0.3 is 0 Å². The van der Waals surface area contributed by atoms with Crippen LogP contribution in [-0.2, 0) is 5.04 Å². The average Bonchev–Trinajstić information content (AvgIpc) is 2.26. The molecule has 0 amide bonds. The Morgan fingerprint density at radius 3 is 2.71 bits per heavy atom. The molecule has 17 heavy (non-hydrogen) atoms. The molecule has 2 nitrogen and oxygen atoms in total. The molecule has 1 aromatic carbocycles. The zero-order chi connectivity index (χ0) is 12.7. The number of fused-ring (bicyclic) bond motifs is 1. The molecule has 2 rings (SSSR count). The van der Waals surface area contributed by atoms with E-state index < -0.39 is 8.07 Å². The molecular weight excluding hydrogens is 294 g/mol. The third kappa shape index (κ3) is 1.92. The highest BCUT2D eigenvalue weighted by Gasteiger charge is 2.48. The molecule has 0 aromatic heterocycles. The summed E-state index contributed by atoms with van der Waals surface area (Å²) in [4.78, 5) is 0. The van der Waals surface area contributed by atoms with Crippen LogP contribution < -0.4 is 4.74 Å². The predicted molar refractivity (Wildman–Crippen MR) is 74.9 cm³/mol.